The summed E-state index contributed by atoms with van der Waals surface area (Å²) in [5.41, 5.74) is 0. The van der Waals surface area contributed by atoms with Crippen LogP contribution in [0.3, 0.4) is 0 Å². The largest absolute Gasteiger partial charge is 0.480 e. The fraction of sp³-hybridized carbons (Fsp3) is 0.417. The molecule has 0 aliphatic rings. The SMILES string of the molecule is CC(C)C[C@H](NS(=O)(=O)c1ccc(F)c(Br)c1)C(=O)O. The minimum Gasteiger partial charge on any atom is -0.480 e. The normalized spacial score (nSPS) is 13.4. The lowest BCUT2D eigenvalue weighted by Crippen LogP contribution is -2.41. The molecule has 1 atom stereocenters. The molecule has 0 saturated heterocycles. The number of halogens is 2. The number of sulfonamides is 1. The van der Waals surface area contributed by atoms with Gasteiger partial charge in [-0.2, -0.15) is 4.72 Å². The Morgan fingerprint density at radius 3 is 2.50 bits per heavy atom. The van der Waals surface area contributed by atoms with Crippen molar-refractivity contribution >= 4 is 31.9 Å². The van der Waals surface area contributed by atoms with Crippen molar-refractivity contribution in [1.29, 1.82) is 0 Å². The van der Waals surface area contributed by atoms with Crippen LogP contribution in [0.25, 0.3) is 0 Å². The average Bonchev–Trinajstić information content (AvgIpc) is 2.30. The molecule has 1 aromatic rings. The Kier molecular flexibility index (Phi) is 5.67. The first-order chi connectivity index (χ1) is 9.13. The molecule has 20 heavy (non-hydrogen) atoms. The molecule has 1 aromatic carbocycles. The Balaban J connectivity index is 3.03. The van der Waals surface area contributed by atoms with Crippen molar-refractivity contribution in [1.82, 2.24) is 4.72 Å². The van der Waals surface area contributed by atoms with Gasteiger partial charge in [-0.05, 0) is 46.5 Å². The van der Waals surface area contributed by atoms with Crippen molar-refractivity contribution < 1.29 is 22.7 Å². The number of carboxylic acid groups (broad SMARTS) is 1. The van der Waals surface area contributed by atoms with Crippen molar-refractivity contribution in [2.75, 3.05) is 0 Å². The van der Waals surface area contributed by atoms with Gasteiger partial charge in [0.05, 0.1) is 9.37 Å². The minimum absolute atomic E-state index is 0.00360. The molecule has 0 spiro atoms. The van der Waals surface area contributed by atoms with Gasteiger partial charge in [0.25, 0.3) is 0 Å². The van der Waals surface area contributed by atoms with E-state index in [0.29, 0.717) is 0 Å². The number of benzene rings is 1. The topological polar surface area (TPSA) is 83.5 Å². The van der Waals surface area contributed by atoms with Crippen LogP contribution >= 0.6 is 15.9 Å². The van der Waals surface area contributed by atoms with Crippen LogP contribution < -0.4 is 4.72 Å². The summed E-state index contributed by atoms with van der Waals surface area (Å²) >= 11 is 2.89. The van der Waals surface area contributed by atoms with Gasteiger partial charge in [-0.15, -0.1) is 0 Å². The summed E-state index contributed by atoms with van der Waals surface area (Å²) in [6.45, 7) is 3.58. The molecule has 112 valence electrons. The van der Waals surface area contributed by atoms with Gasteiger partial charge in [0.1, 0.15) is 11.9 Å². The number of rotatable bonds is 6. The molecule has 0 aliphatic carbocycles. The second-order valence-electron chi connectivity index (χ2n) is 4.72. The molecule has 2 N–H and O–H groups in total. The molecule has 0 fully saturated rings. The molecule has 0 bridgehead atoms. The zero-order valence-corrected chi connectivity index (χ0v) is 13.3. The summed E-state index contributed by atoms with van der Waals surface area (Å²) in [6.07, 6.45) is 0.164. The number of aliphatic carboxylic acids is 1. The van der Waals surface area contributed by atoms with E-state index in [9.17, 15) is 17.6 Å². The third-order valence-electron chi connectivity index (χ3n) is 2.50. The number of hydrogen-bond donors (Lipinski definition) is 2. The van der Waals surface area contributed by atoms with E-state index in [1.54, 1.807) is 13.8 Å². The second-order valence-corrected chi connectivity index (χ2v) is 7.29. The van der Waals surface area contributed by atoms with E-state index in [1.165, 1.54) is 0 Å². The molecule has 8 heteroatoms. The zero-order valence-electron chi connectivity index (χ0n) is 10.9. The first kappa shape index (κ1) is 17.1. The molecule has 0 radical (unpaired) electrons. The van der Waals surface area contributed by atoms with Crippen LogP contribution in [-0.2, 0) is 14.8 Å². The van der Waals surface area contributed by atoms with Gasteiger partial charge >= 0.3 is 5.97 Å². The third-order valence-corrected chi connectivity index (χ3v) is 4.58. The molecule has 0 saturated carbocycles. The lowest BCUT2D eigenvalue weighted by Gasteiger charge is -2.16. The van der Waals surface area contributed by atoms with Crippen molar-refractivity contribution in [3.05, 3.63) is 28.5 Å². The molecule has 1 rings (SSSR count). The first-order valence-corrected chi connectivity index (χ1v) is 8.11. The molecule has 0 amide bonds. The number of carbonyl (C=O) groups is 1. The van der Waals surface area contributed by atoms with E-state index in [-0.39, 0.29) is 21.7 Å². The van der Waals surface area contributed by atoms with E-state index in [2.05, 4.69) is 20.7 Å². The van der Waals surface area contributed by atoms with Gasteiger partial charge in [-0.25, -0.2) is 12.8 Å². The summed E-state index contributed by atoms with van der Waals surface area (Å²) in [5, 5.41) is 9.03. The van der Waals surface area contributed by atoms with Crippen LogP contribution in [0.5, 0.6) is 0 Å². The van der Waals surface area contributed by atoms with Gasteiger partial charge in [0, 0.05) is 0 Å². The Labute approximate surface area is 125 Å². The van der Waals surface area contributed by atoms with Crippen LogP contribution in [0, 0.1) is 11.7 Å². The predicted octanol–water partition coefficient (Wildman–Crippen LogP) is 2.37. The highest BCUT2D eigenvalue weighted by Crippen LogP contribution is 2.20. The molecule has 0 aliphatic heterocycles. The maximum atomic E-state index is 13.1. The van der Waals surface area contributed by atoms with Crippen LogP contribution in [0.1, 0.15) is 20.3 Å². The molecule has 0 aromatic heterocycles. The highest BCUT2D eigenvalue weighted by Gasteiger charge is 2.26. The Bertz CT molecular complexity index is 603. The van der Waals surface area contributed by atoms with Crippen LogP contribution in [0.15, 0.2) is 27.6 Å². The van der Waals surface area contributed by atoms with Gasteiger partial charge in [-0.1, -0.05) is 13.8 Å². The van der Waals surface area contributed by atoms with Crippen molar-refractivity contribution in [2.45, 2.75) is 31.2 Å². The lowest BCUT2D eigenvalue weighted by molar-refractivity contribution is -0.139. The molecule has 0 unspecified atom stereocenters. The second kappa shape index (κ2) is 6.64. The van der Waals surface area contributed by atoms with Crippen molar-refractivity contribution in [3.8, 4) is 0 Å². The summed E-state index contributed by atoms with van der Waals surface area (Å²) < 4.78 is 39.4. The fourth-order valence-corrected chi connectivity index (χ4v) is 3.33. The fourth-order valence-electron chi connectivity index (χ4n) is 1.57. The summed E-state index contributed by atoms with van der Waals surface area (Å²) in [7, 11) is -4.02. The van der Waals surface area contributed by atoms with Crippen LogP contribution in [0.2, 0.25) is 0 Å². The van der Waals surface area contributed by atoms with Crippen molar-refractivity contribution in [3.63, 3.8) is 0 Å². The average molecular weight is 368 g/mol. The number of hydrogen-bond acceptors (Lipinski definition) is 3. The predicted molar refractivity (Wildman–Crippen MR) is 75.3 cm³/mol. The monoisotopic (exact) mass is 367 g/mol. The Morgan fingerprint density at radius 2 is 2.05 bits per heavy atom. The quantitative estimate of drug-likeness (QED) is 0.808. The summed E-state index contributed by atoms with van der Waals surface area (Å²) in [5.74, 6) is -1.83. The highest BCUT2D eigenvalue weighted by molar-refractivity contribution is 9.10. The zero-order chi connectivity index (χ0) is 15.5. The summed E-state index contributed by atoms with van der Waals surface area (Å²) in [4.78, 5) is 10.9. The van der Waals surface area contributed by atoms with Gasteiger partial charge in [0.2, 0.25) is 10.0 Å². The van der Waals surface area contributed by atoms with Gasteiger partial charge in [-0.3, -0.25) is 4.79 Å². The van der Waals surface area contributed by atoms with Crippen LogP contribution in [-0.4, -0.2) is 25.5 Å². The number of carboxylic acids is 1. The Morgan fingerprint density at radius 1 is 1.45 bits per heavy atom. The van der Waals surface area contributed by atoms with Gasteiger partial charge < -0.3 is 5.11 Å². The van der Waals surface area contributed by atoms with E-state index in [1.807, 2.05) is 0 Å². The maximum Gasteiger partial charge on any atom is 0.321 e. The minimum atomic E-state index is -4.02. The molecule has 0 heterocycles. The first-order valence-electron chi connectivity index (χ1n) is 5.83. The third kappa shape index (κ3) is 4.53. The van der Waals surface area contributed by atoms with E-state index < -0.39 is 27.9 Å². The molecular weight excluding hydrogens is 353 g/mol. The van der Waals surface area contributed by atoms with Crippen molar-refractivity contribution in [2.24, 2.45) is 5.92 Å². The lowest BCUT2D eigenvalue weighted by atomic mass is 10.1. The van der Waals surface area contributed by atoms with E-state index >= 15 is 0 Å². The summed E-state index contributed by atoms with van der Waals surface area (Å²) in [6, 6.07) is 1.95. The smallest absolute Gasteiger partial charge is 0.321 e. The van der Waals surface area contributed by atoms with Crippen LogP contribution in [0.4, 0.5) is 4.39 Å². The molecular formula is C12H15BrFNO4S. The van der Waals surface area contributed by atoms with E-state index in [0.717, 1.165) is 18.2 Å². The Hall–Kier alpha value is -0.990. The van der Waals surface area contributed by atoms with E-state index in [4.69, 9.17) is 5.11 Å². The molecule has 5 nitrogen and oxygen atoms in total. The standard InChI is InChI=1S/C12H15BrFNO4S/c1-7(2)5-11(12(16)17)15-20(18,19)8-3-4-10(14)9(13)6-8/h3-4,6-7,11,15H,5H2,1-2H3,(H,16,17)/t11-/m0/s1. The number of nitrogens with one attached hydrogen (secondary N) is 1. The maximum absolute atomic E-state index is 13.1. The van der Waals surface area contributed by atoms with Gasteiger partial charge in [0.15, 0.2) is 0 Å². The highest BCUT2D eigenvalue weighted by atomic mass is 79.9.